The Kier molecular flexibility index (Phi) is 8.98. The molecule has 3 atom stereocenters. The van der Waals surface area contributed by atoms with E-state index in [0.717, 1.165) is 16.5 Å². The molecule has 3 rings (SSSR count). The number of Topliss-reactive ketones (excluding diaryl/α,β-unsaturated/α-hetero) is 1. The molecule has 2 aromatic carbocycles. The van der Waals surface area contributed by atoms with Crippen LogP contribution in [0.1, 0.15) is 42.6 Å². The molecule has 2 amide bonds. The minimum absolute atomic E-state index is 0.112. The standard InChI is InChI=1S/C28H33N3O4/c1-4-10-21(28(34)31-35)22(15-18(2)3)27(33)30-25(16-19-11-6-5-7-12-19)26(32)23-17-29-24-14-9-8-13-20(23)24/h4-9,11-14,17-18,21-22,25,29,35H,1,10,15-16H2,2-3H3,(H,30,33)(H,31,34)/t21-,22-,25+/m1/s1. The predicted molar refractivity (Wildman–Crippen MR) is 136 cm³/mol. The number of hydrogen-bond donors (Lipinski definition) is 4. The van der Waals surface area contributed by atoms with Gasteiger partial charge in [0.2, 0.25) is 11.8 Å². The monoisotopic (exact) mass is 475 g/mol. The van der Waals surface area contributed by atoms with Crippen LogP contribution in [0.3, 0.4) is 0 Å². The van der Waals surface area contributed by atoms with Crippen molar-refractivity contribution in [3.63, 3.8) is 0 Å². The summed E-state index contributed by atoms with van der Waals surface area (Å²) in [5.41, 5.74) is 3.92. The van der Waals surface area contributed by atoms with Crippen LogP contribution >= 0.6 is 0 Å². The molecule has 35 heavy (non-hydrogen) atoms. The van der Waals surface area contributed by atoms with Crippen molar-refractivity contribution >= 4 is 28.5 Å². The minimum Gasteiger partial charge on any atom is -0.360 e. The number of aromatic nitrogens is 1. The largest absolute Gasteiger partial charge is 0.360 e. The average molecular weight is 476 g/mol. The van der Waals surface area contributed by atoms with Crippen molar-refractivity contribution in [1.29, 1.82) is 0 Å². The van der Waals surface area contributed by atoms with E-state index in [-0.39, 0.29) is 18.1 Å². The van der Waals surface area contributed by atoms with Crippen LogP contribution in [-0.4, -0.2) is 33.8 Å². The number of benzene rings is 2. The summed E-state index contributed by atoms with van der Waals surface area (Å²) in [6.07, 6.45) is 4.16. The zero-order valence-corrected chi connectivity index (χ0v) is 20.2. The van der Waals surface area contributed by atoms with Crippen molar-refractivity contribution in [2.24, 2.45) is 17.8 Å². The molecule has 7 heteroatoms. The van der Waals surface area contributed by atoms with Crippen molar-refractivity contribution < 1.29 is 19.6 Å². The third-order valence-corrected chi connectivity index (χ3v) is 6.19. The minimum atomic E-state index is -0.833. The lowest BCUT2D eigenvalue weighted by Crippen LogP contribution is -2.48. The van der Waals surface area contributed by atoms with Crippen LogP contribution in [0.4, 0.5) is 0 Å². The van der Waals surface area contributed by atoms with Crippen molar-refractivity contribution in [2.75, 3.05) is 0 Å². The smallest absolute Gasteiger partial charge is 0.247 e. The van der Waals surface area contributed by atoms with E-state index < -0.39 is 29.7 Å². The first kappa shape index (κ1) is 25.9. The molecule has 7 nitrogen and oxygen atoms in total. The Morgan fingerprint density at radius 2 is 1.69 bits per heavy atom. The molecular formula is C28H33N3O4. The summed E-state index contributed by atoms with van der Waals surface area (Å²) in [5, 5.41) is 13.0. The number of hydroxylamine groups is 1. The number of H-pyrrole nitrogens is 1. The van der Waals surface area contributed by atoms with Crippen molar-refractivity contribution in [2.45, 2.75) is 39.2 Å². The summed E-state index contributed by atoms with van der Waals surface area (Å²) in [7, 11) is 0. The van der Waals surface area contributed by atoms with E-state index in [2.05, 4.69) is 16.9 Å². The molecule has 0 saturated carbocycles. The maximum absolute atomic E-state index is 13.7. The lowest BCUT2D eigenvalue weighted by Gasteiger charge is -2.28. The van der Waals surface area contributed by atoms with Crippen LogP contribution in [0.15, 0.2) is 73.4 Å². The quantitative estimate of drug-likeness (QED) is 0.134. The first-order valence-corrected chi connectivity index (χ1v) is 11.8. The molecular weight excluding hydrogens is 442 g/mol. The van der Waals surface area contributed by atoms with Crippen LogP contribution in [0.5, 0.6) is 0 Å². The topological polar surface area (TPSA) is 111 Å². The lowest BCUT2D eigenvalue weighted by molar-refractivity contribution is -0.140. The van der Waals surface area contributed by atoms with E-state index in [0.29, 0.717) is 18.4 Å². The van der Waals surface area contributed by atoms with Crippen LogP contribution in [-0.2, 0) is 16.0 Å². The highest BCUT2D eigenvalue weighted by atomic mass is 16.5. The van der Waals surface area contributed by atoms with Gasteiger partial charge in [-0.3, -0.25) is 19.6 Å². The second-order valence-corrected chi connectivity index (χ2v) is 9.21. The van der Waals surface area contributed by atoms with Gasteiger partial charge >= 0.3 is 0 Å². The van der Waals surface area contributed by atoms with Gasteiger partial charge in [0.1, 0.15) is 0 Å². The zero-order valence-electron chi connectivity index (χ0n) is 20.2. The highest BCUT2D eigenvalue weighted by molar-refractivity contribution is 6.11. The zero-order chi connectivity index (χ0) is 25.4. The van der Waals surface area contributed by atoms with E-state index in [4.69, 9.17) is 0 Å². The molecule has 3 aromatic rings. The fourth-order valence-electron chi connectivity index (χ4n) is 4.48. The van der Waals surface area contributed by atoms with Crippen molar-refractivity contribution in [3.05, 3.63) is 84.6 Å². The summed E-state index contributed by atoms with van der Waals surface area (Å²) >= 11 is 0. The number of allylic oxidation sites excluding steroid dienone is 1. The molecule has 0 aliphatic carbocycles. The molecule has 0 aliphatic rings. The van der Waals surface area contributed by atoms with Gasteiger partial charge in [-0.25, -0.2) is 5.48 Å². The van der Waals surface area contributed by atoms with Gasteiger partial charge in [-0.05, 0) is 30.4 Å². The Morgan fingerprint density at radius 1 is 1.00 bits per heavy atom. The van der Waals surface area contributed by atoms with Crippen LogP contribution in [0, 0.1) is 17.8 Å². The molecule has 1 heterocycles. The molecule has 184 valence electrons. The van der Waals surface area contributed by atoms with Crippen molar-refractivity contribution in [3.8, 4) is 0 Å². The molecule has 1 aromatic heterocycles. The third-order valence-electron chi connectivity index (χ3n) is 6.19. The summed E-state index contributed by atoms with van der Waals surface area (Å²) in [4.78, 5) is 42.8. The number of carbonyl (C=O) groups is 3. The molecule has 0 spiro atoms. The van der Waals surface area contributed by atoms with Crippen molar-refractivity contribution in [1.82, 2.24) is 15.8 Å². The number of amides is 2. The van der Waals surface area contributed by atoms with E-state index in [9.17, 15) is 19.6 Å². The number of nitrogens with one attached hydrogen (secondary N) is 3. The van der Waals surface area contributed by atoms with Gasteiger partial charge in [0.25, 0.3) is 0 Å². The molecule has 0 unspecified atom stereocenters. The van der Waals surface area contributed by atoms with E-state index in [1.165, 1.54) is 0 Å². The van der Waals surface area contributed by atoms with E-state index in [1.54, 1.807) is 17.8 Å². The van der Waals surface area contributed by atoms with Gasteiger partial charge in [-0.1, -0.05) is 68.5 Å². The lowest BCUT2D eigenvalue weighted by atomic mass is 9.81. The molecule has 0 bridgehead atoms. The summed E-state index contributed by atoms with van der Waals surface area (Å²) < 4.78 is 0. The molecule has 0 fully saturated rings. The van der Waals surface area contributed by atoms with Gasteiger partial charge in [0, 0.05) is 29.1 Å². The highest BCUT2D eigenvalue weighted by Gasteiger charge is 2.35. The number of aromatic amines is 1. The number of hydrogen-bond acceptors (Lipinski definition) is 4. The van der Waals surface area contributed by atoms with Crippen LogP contribution in [0.2, 0.25) is 0 Å². The van der Waals surface area contributed by atoms with Gasteiger partial charge in [-0.15, -0.1) is 6.58 Å². The SMILES string of the molecule is C=CC[C@@H](C(=O)NO)[C@@H](CC(C)C)C(=O)N[C@@H](Cc1ccccc1)C(=O)c1c[nH]c2ccccc12. The second-order valence-electron chi connectivity index (χ2n) is 9.21. The molecule has 0 radical (unpaired) electrons. The van der Waals surface area contributed by atoms with Crippen LogP contribution < -0.4 is 10.8 Å². The summed E-state index contributed by atoms with van der Waals surface area (Å²) in [6.45, 7) is 7.61. The fraction of sp³-hybridized carbons (Fsp3) is 0.321. The Labute approximate surface area is 205 Å². The average Bonchev–Trinajstić information content (AvgIpc) is 3.29. The summed E-state index contributed by atoms with van der Waals surface area (Å²) in [6, 6.07) is 16.2. The second kappa shape index (κ2) is 12.1. The van der Waals surface area contributed by atoms with Gasteiger partial charge < -0.3 is 10.3 Å². The summed E-state index contributed by atoms with van der Waals surface area (Å²) in [5.74, 6) is -2.69. The van der Waals surface area contributed by atoms with E-state index in [1.807, 2.05) is 68.4 Å². The maximum atomic E-state index is 13.7. The highest BCUT2D eigenvalue weighted by Crippen LogP contribution is 2.26. The normalized spacial score (nSPS) is 13.7. The van der Waals surface area contributed by atoms with Gasteiger partial charge in [-0.2, -0.15) is 0 Å². The fourth-order valence-corrected chi connectivity index (χ4v) is 4.48. The van der Waals surface area contributed by atoms with Crippen LogP contribution in [0.25, 0.3) is 10.9 Å². The number of fused-ring (bicyclic) bond motifs is 1. The van der Waals surface area contributed by atoms with Gasteiger partial charge in [0.05, 0.1) is 17.9 Å². The molecule has 0 aliphatic heterocycles. The number of para-hydroxylation sites is 1. The first-order chi connectivity index (χ1) is 16.8. The maximum Gasteiger partial charge on any atom is 0.247 e. The number of rotatable bonds is 12. The first-order valence-electron chi connectivity index (χ1n) is 11.8. The molecule has 0 saturated heterocycles. The van der Waals surface area contributed by atoms with E-state index >= 15 is 0 Å². The Hall–Kier alpha value is -3.71. The Balaban J connectivity index is 1.95. The van der Waals surface area contributed by atoms with Gasteiger partial charge in [0.15, 0.2) is 5.78 Å². The predicted octanol–water partition coefficient (Wildman–Crippen LogP) is 4.44. The Bertz CT molecular complexity index is 1170. The Morgan fingerprint density at radius 3 is 2.34 bits per heavy atom. The molecule has 4 N–H and O–H groups in total. The third kappa shape index (κ3) is 6.45. The number of carbonyl (C=O) groups excluding carboxylic acids is 3. The number of ketones is 1.